The molecule has 4 heterocycles. The second-order valence-corrected chi connectivity index (χ2v) is 8.36. The normalized spacial score (nSPS) is 21.7. The molecule has 0 saturated carbocycles. The summed E-state index contributed by atoms with van der Waals surface area (Å²) < 4.78 is 6.15. The van der Waals surface area contributed by atoms with E-state index in [1.54, 1.807) is 24.5 Å². The highest BCUT2D eigenvalue weighted by atomic mass is 32.1. The molecule has 138 valence electrons. The van der Waals surface area contributed by atoms with Crippen LogP contribution < -0.4 is 5.32 Å². The standard InChI is InChI=1S/C20H25N3O2S/c1-15-6-10-26-18(15)12-23-13-20(14-23)17(5-9-25-20)4-8-22-19(24)16-3-2-7-21-11-16/h2-3,6-7,10-11,17H,4-5,8-9,12-14H2,1H3,(H,22,24). The summed E-state index contributed by atoms with van der Waals surface area (Å²) in [7, 11) is 0. The molecule has 1 atom stereocenters. The summed E-state index contributed by atoms with van der Waals surface area (Å²) in [4.78, 5) is 20.1. The molecule has 2 aromatic rings. The van der Waals surface area contributed by atoms with Gasteiger partial charge in [0.25, 0.3) is 5.91 Å². The topological polar surface area (TPSA) is 54.5 Å². The largest absolute Gasteiger partial charge is 0.372 e. The van der Waals surface area contributed by atoms with Crippen LogP contribution in [0.1, 0.15) is 33.6 Å². The number of aryl methyl sites for hydroxylation is 1. The van der Waals surface area contributed by atoms with Gasteiger partial charge in [-0.2, -0.15) is 0 Å². The van der Waals surface area contributed by atoms with E-state index in [2.05, 4.69) is 33.6 Å². The lowest BCUT2D eigenvalue weighted by molar-refractivity contribution is -0.136. The van der Waals surface area contributed by atoms with Gasteiger partial charge in [0.05, 0.1) is 11.2 Å². The second-order valence-electron chi connectivity index (χ2n) is 7.36. The number of carbonyl (C=O) groups excluding carboxylic acids is 1. The van der Waals surface area contributed by atoms with Crippen LogP contribution in [0.4, 0.5) is 0 Å². The number of nitrogens with zero attached hydrogens (tertiary/aromatic N) is 2. The summed E-state index contributed by atoms with van der Waals surface area (Å²) >= 11 is 1.84. The lowest BCUT2D eigenvalue weighted by Gasteiger charge is -2.50. The van der Waals surface area contributed by atoms with E-state index in [1.165, 1.54) is 10.4 Å². The number of hydrogen-bond acceptors (Lipinski definition) is 5. The van der Waals surface area contributed by atoms with E-state index in [1.807, 2.05) is 11.3 Å². The van der Waals surface area contributed by atoms with E-state index in [9.17, 15) is 4.79 Å². The van der Waals surface area contributed by atoms with E-state index in [0.717, 1.165) is 39.1 Å². The molecule has 2 aliphatic heterocycles. The van der Waals surface area contributed by atoms with Gasteiger partial charge in [-0.05, 0) is 54.8 Å². The molecular formula is C20H25N3O2S. The molecule has 1 spiro atoms. The average molecular weight is 372 g/mol. The minimum absolute atomic E-state index is 0.00416. The fourth-order valence-electron chi connectivity index (χ4n) is 4.09. The third-order valence-electron chi connectivity index (χ3n) is 5.62. The Morgan fingerprint density at radius 3 is 3.08 bits per heavy atom. The Morgan fingerprint density at radius 2 is 2.35 bits per heavy atom. The maximum absolute atomic E-state index is 12.1. The fraction of sp³-hybridized carbons (Fsp3) is 0.500. The average Bonchev–Trinajstić information content (AvgIpc) is 3.22. The maximum Gasteiger partial charge on any atom is 0.252 e. The predicted molar refractivity (Wildman–Crippen MR) is 102 cm³/mol. The minimum atomic E-state index is -0.0468. The summed E-state index contributed by atoms with van der Waals surface area (Å²) in [5.74, 6) is 0.479. The minimum Gasteiger partial charge on any atom is -0.372 e. The zero-order valence-electron chi connectivity index (χ0n) is 15.1. The molecule has 2 aromatic heterocycles. The van der Waals surface area contributed by atoms with E-state index >= 15 is 0 Å². The van der Waals surface area contributed by atoms with Crippen LogP contribution in [0.5, 0.6) is 0 Å². The van der Waals surface area contributed by atoms with Crippen LogP contribution >= 0.6 is 11.3 Å². The van der Waals surface area contributed by atoms with Crippen molar-refractivity contribution < 1.29 is 9.53 Å². The third-order valence-corrected chi connectivity index (χ3v) is 6.63. The summed E-state index contributed by atoms with van der Waals surface area (Å²) in [6.07, 6.45) is 5.34. The van der Waals surface area contributed by atoms with Crippen molar-refractivity contribution in [3.8, 4) is 0 Å². The van der Waals surface area contributed by atoms with Crippen molar-refractivity contribution in [2.45, 2.75) is 31.9 Å². The van der Waals surface area contributed by atoms with Crippen molar-refractivity contribution in [2.24, 2.45) is 5.92 Å². The van der Waals surface area contributed by atoms with Gasteiger partial charge in [-0.15, -0.1) is 11.3 Å². The highest BCUT2D eigenvalue weighted by Crippen LogP contribution is 2.42. The maximum atomic E-state index is 12.1. The summed E-state index contributed by atoms with van der Waals surface area (Å²) in [6, 6.07) is 5.77. The van der Waals surface area contributed by atoms with Crippen molar-refractivity contribution in [2.75, 3.05) is 26.2 Å². The van der Waals surface area contributed by atoms with Crippen LogP contribution in [0, 0.1) is 12.8 Å². The zero-order valence-corrected chi connectivity index (χ0v) is 15.9. The molecular weight excluding hydrogens is 346 g/mol. The third kappa shape index (κ3) is 3.54. The molecule has 0 aliphatic carbocycles. The van der Waals surface area contributed by atoms with Gasteiger partial charge in [-0.3, -0.25) is 14.7 Å². The molecule has 26 heavy (non-hydrogen) atoms. The van der Waals surface area contributed by atoms with E-state index in [4.69, 9.17) is 4.74 Å². The van der Waals surface area contributed by atoms with Gasteiger partial charge in [-0.25, -0.2) is 0 Å². The van der Waals surface area contributed by atoms with E-state index < -0.39 is 0 Å². The molecule has 2 saturated heterocycles. The molecule has 2 aliphatic rings. The second kappa shape index (κ2) is 7.47. The number of hydrogen-bond donors (Lipinski definition) is 1. The van der Waals surface area contributed by atoms with Crippen molar-refractivity contribution in [3.63, 3.8) is 0 Å². The fourth-order valence-corrected chi connectivity index (χ4v) is 5.04. The molecule has 0 bridgehead atoms. The monoisotopic (exact) mass is 371 g/mol. The number of likely N-dealkylation sites (tertiary alicyclic amines) is 1. The highest BCUT2D eigenvalue weighted by Gasteiger charge is 2.52. The Kier molecular flexibility index (Phi) is 5.07. The zero-order chi connectivity index (χ0) is 18.0. The lowest BCUT2D eigenvalue weighted by atomic mass is 9.79. The van der Waals surface area contributed by atoms with Crippen molar-refractivity contribution in [1.29, 1.82) is 0 Å². The smallest absolute Gasteiger partial charge is 0.252 e. The first kappa shape index (κ1) is 17.6. The van der Waals surface area contributed by atoms with Gasteiger partial charge in [0, 0.05) is 50.1 Å². The van der Waals surface area contributed by atoms with Crippen LogP contribution in [0.2, 0.25) is 0 Å². The Morgan fingerprint density at radius 1 is 1.46 bits per heavy atom. The van der Waals surface area contributed by atoms with Crippen LogP contribution in [0.25, 0.3) is 0 Å². The van der Waals surface area contributed by atoms with Gasteiger partial charge in [0.1, 0.15) is 0 Å². The van der Waals surface area contributed by atoms with Crippen LogP contribution in [-0.4, -0.2) is 47.6 Å². The number of thiophene rings is 1. The first-order chi connectivity index (χ1) is 12.7. The Labute approximate surface area is 158 Å². The van der Waals surface area contributed by atoms with Gasteiger partial charge < -0.3 is 10.1 Å². The van der Waals surface area contributed by atoms with Gasteiger partial charge in [0.2, 0.25) is 0 Å². The molecule has 0 radical (unpaired) electrons. The van der Waals surface area contributed by atoms with Gasteiger partial charge in [-0.1, -0.05) is 0 Å². The first-order valence-corrected chi connectivity index (χ1v) is 10.1. The van der Waals surface area contributed by atoms with Gasteiger partial charge in [0.15, 0.2) is 0 Å². The van der Waals surface area contributed by atoms with Crippen molar-refractivity contribution in [3.05, 3.63) is 52.0 Å². The van der Waals surface area contributed by atoms with E-state index in [-0.39, 0.29) is 11.5 Å². The number of carbonyl (C=O) groups is 1. The Hall–Kier alpha value is -1.76. The predicted octanol–water partition coefficient (Wildman–Crippen LogP) is 2.86. The molecule has 4 rings (SSSR count). The number of aromatic nitrogens is 1. The number of rotatable bonds is 6. The molecule has 5 nitrogen and oxygen atoms in total. The molecule has 1 N–H and O–H groups in total. The first-order valence-electron chi connectivity index (χ1n) is 9.24. The summed E-state index contributed by atoms with van der Waals surface area (Å²) in [6.45, 7) is 6.75. The molecule has 0 aromatic carbocycles. The quantitative estimate of drug-likeness (QED) is 0.848. The number of nitrogens with one attached hydrogen (secondary N) is 1. The highest BCUT2D eigenvalue weighted by molar-refractivity contribution is 7.10. The number of pyridine rings is 1. The van der Waals surface area contributed by atoms with Crippen LogP contribution in [0.15, 0.2) is 36.0 Å². The van der Waals surface area contributed by atoms with E-state index in [0.29, 0.717) is 18.0 Å². The number of amides is 1. The van der Waals surface area contributed by atoms with Gasteiger partial charge >= 0.3 is 0 Å². The molecule has 6 heteroatoms. The van der Waals surface area contributed by atoms with Crippen LogP contribution in [0.3, 0.4) is 0 Å². The number of ether oxygens (including phenoxy) is 1. The summed E-state index contributed by atoms with van der Waals surface area (Å²) in [5, 5.41) is 5.19. The van der Waals surface area contributed by atoms with Crippen LogP contribution in [-0.2, 0) is 11.3 Å². The molecule has 1 amide bonds. The summed E-state index contributed by atoms with van der Waals surface area (Å²) in [5.41, 5.74) is 2.01. The SMILES string of the molecule is Cc1ccsc1CN1CC2(C1)OCCC2CCNC(=O)c1cccnc1. The Balaban J connectivity index is 1.26. The van der Waals surface area contributed by atoms with Crippen molar-refractivity contribution >= 4 is 17.2 Å². The Bertz CT molecular complexity index is 755. The van der Waals surface area contributed by atoms with Crippen molar-refractivity contribution in [1.82, 2.24) is 15.2 Å². The molecule has 1 unspecified atom stereocenters. The molecule has 2 fully saturated rings. The lowest BCUT2D eigenvalue weighted by Crippen LogP contribution is -2.64.